The topological polar surface area (TPSA) is 34.2 Å². The summed E-state index contributed by atoms with van der Waals surface area (Å²) in [6.45, 7) is 0. The Morgan fingerprint density at radius 1 is 0.439 bits per heavy atom. The number of para-hydroxylation sites is 3. The van der Waals surface area contributed by atoms with Crippen LogP contribution in [0.2, 0.25) is 0 Å². The number of rotatable bonds is 7. The van der Waals surface area contributed by atoms with E-state index in [2.05, 4.69) is 185 Å². The lowest BCUT2D eigenvalue weighted by Gasteiger charge is -2.28. The molecule has 0 amide bonds. The summed E-state index contributed by atoms with van der Waals surface area (Å²) >= 11 is 0. The Bertz CT molecular complexity index is 3240. The number of hydrogen-bond acceptors (Lipinski definition) is 3. The zero-order valence-corrected chi connectivity index (χ0v) is 31.0. The minimum Gasteiger partial charge on any atom is -0.435 e. The second-order valence-corrected chi connectivity index (χ2v) is 14.4. The van der Waals surface area contributed by atoms with E-state index in [0.717, 1.165) is 67.2 Å². The Morgan fingerprint density at radius 3 is 1.95 bits per heavy atom. The van der Waals surface area contributed by atoms with Gasteiger partial charge < -0.3 is 13.9 Å². The number of benzene rings is 9. The van der Waals surface area contributed by atoms with Crippen molar-refractivity contribution < 1.29 is 4.42 Å². The Hall–Kier alpha value is -7.69. The zero-order chi connectivity index (χ0) is 37.7. The smallest absolute Gasteiger partial charge is 0.227 e. The van der Waals surface area contributed by atoms with Crippen LogP contribution in [0.15, 0.2) is 217 Å². The van der Waals surface area contributed by atoms with Crippen LogP contribution in [0.1, 0.15) is 0 Å². The van der Waals surface area contributed by atoms with Gasteiger partial charge in [0.15, 0.2) is 5.58 Å². The van der Waals surface area contributed by atoms with Crippen LogP contribution in [-0.2, 0) is 0 Å². The molecular formula is C53H35N3O. The zero-order valence-electron chi connectivity index (χ0n) is 31.0. The SMILES string of the molecule is c1ccc(-c2nc3cccc(-c4cccc(N(c5ccc6c(c5)c5ccc7ccccc7c5n6-c5ccccc5)c5ccccc5-c5ccccc5)c4)c3o2)cc1. The fraction of sp³-hybridized carbons (Fsp3) is 0. The highest BCUT2D eigenvalue weighted by molar-refractivity contribution is 6.19. The summed E-state index contributed by atoms with van der Waals surface area (Å²) in [4.78, 5) is 7.28. The summed E-state index contributed by atoms with van der Waals surface area (Å²) in [5, 5.41) is 4.85. The molecular weight excluding hydrogens is 695 g/mol. The lowest BCUT2D eigenvalue weighted by atomic mass is 10.00. The minimum absolute atomic E-state index is 0.614. The van der Waals surface area contributed by atoms with Crippen molar-refractivity contribution in [3.05, 3.63) is 212 Å². The summed E-state index contributed by atoms with van der Waals surface area (Å²) in [5.41, 5.74) is 13.6. The van der Waals surface area contributed by atoms with Crippen LogP contribution in [-0.4, -0.2) is 9.55 Å². The summed E-state index contributed by atoms with van der Waals surface area (Å²) in [6, 6.07) is 75.2. The van der Waals surface area contributed by atoms with Gasteiger partial charge in [-0.15, -0.1) is 0 Å². The Labute approximate surface area is 330 Å². The molecule has 268 valence electrons. The number of anilines is 3. The molecule has 0 aliphatic rings. The van der Waals surface area contributed by atoms with Gasteiger partial charge in [-0.1, -0.05) is 146 Å². The summed E-state index contributed by atoms with van der Waals surface area (Å²) in [5.74, 6) is 0.614. The van der Waals surface area contributed by atoms with Crippen molar-refractivity contribution in [2.24, 2.45) is 0 Å². The van der Waals surface area contributed by atoms with E-state index in [0.29, 0.717) is 5.89 Å². The van der Waals surface area contributed by atoms with Crippen molar-refractivity contribution in [3.63, 3.8) is 0 Å². The third kappa shape index (κ3) is 5.58. The number of nitrogens with zero attached hydrogens (tertiary/aromatic N) is 3. The van der Waals surface area contributed by atoms with Crippen molar-refractivity contribution in [3.8, 4) is 39.4 Å². The van der Waals surface area contributed by atoms with E-state index in [9.17, 15) is 0 Å². The summed E-state index contributed by atoms with van der Waals surface area (Å²) in [6.07, 6.45) is 0. The molecule has 2 heterocycles. The number of aromatic nitrogens is 2. The molecule has 0 aliphatic carbocycles. The average Bonchev–Trinajstić information content (AvgIpc) is 3.88. The third-order valence-corrected chi connectivity index (χ3v) is 11.0. The van der Waals surface area contributed by atoms with Crippen LogP contribution in [0, 0.1) is 0 Å². The van der Waals surface area contributed by atoms with Crippen molar-refractivity contribution in [2.75, 3.05) is 4.90 Å². The van der Waals surface area contributed by atoms with Crippen LogP contribution in [0.5, 0.6) is 0 Å². The van der Waals surface area contributed by atoms with Crippen molar-refractivity contribution in [1.82, 2.24) is 9.55 Å². The Balaban J connectivity index is 1.15. The van der Waals surface area contributed by atoms with Crippen LogP contribution < -0.4 is 4.90 Å². The molecule has 0 saturated carbocycles. The number of fused-ring (bicyclic) bond motifs is 6. The molecule has 0 bridgehead atoms. The van der Waals surface area contributed by atoms with Gasteiger partial charge in [0.25, 0.3) is 0 Å². The van der Waals surface area contributed by atoms with Crippen LogP contribution in [0.25, 0.3) is 83.1 Å². The summed E-state index contributed by atoms with van der Waals surface area (Å²) in [7, 11) is 0. The quantitative estimate of drug-likeness (QED) is 0.164. The van der Waals surface area contributed by atoms with Gasteiger partial charge in [0.2, 0.25) is 5.89 Å². The van der Waals surface area contributed by atoms with E-state index in [4.69, 9.17) is 9.40 Å². The summed E-state index contributed by atoms with van der Waals surface area (Å²) < 4.78 is 8.94. The molecule has 0 N–H and O–H groups in total. The fourth-order valence-corrected chi connectivity index (χ4v) is 8.40. The molecule has 4 heteroatoms. The molecule has 2 aromatic heterocycles. The molecule has 4 nitrogen and oxygen atoms in total. The van der Waals surface area contributed by atoms with E-state index in [1.54, 1.807) is 0 Å². The molecule has 0 aliphatic heterocycles. The second kappa shape index (κ2) is 13.6. The lowest BCUT2D eigenvalue weighted by Crippen LogP contribution is -2.11. The van der Waals surface area contributed by atoms with E-state index < -0.39 is 0 Å². The van der Waals surface area contributed by atoms with E-state index >= 15 is 0 Å². The van der Waals surface area contributed by atoms with Gasteiger partial charge in [-0.2, -0.15) is 0 Å². The first-order valence-corrected chi connectivity index (χ1v) is 19.3. The fourth-order valence-electron chi connectivity index (χ4n) is 8.40. The maximum absolute atomic E-state index is 6.52. The molecule has 0 spiro atoms. The first-order chi connectivity index (χ1) is 28.3. The molecule has 57 heavy (non-hydrogen) atoms. The second-order valence-electron chi connectivity index (χ2n) is 14.4. The average molecular weight is 730 g/mol. The van der Waals surface area contributed by atoms with Gasteiger partial charge in [-0.3, -0.25) is 0 Å². The lowest BCUT2D eigenvalue weighted by molar-refractivity contribution is 0.621. The highest BCUT2D eigenvalue weighted by Crippen LogP contribution is 2.45. The first kappa shape index (κ1) is 32.7. The monoisotopic (exact) mass is 729 g/mol. The molecule has 0 radical (unpaired) electrons. The van der Waals surface area contributed by atoms with Crippen LogP contribution in [0.4, 0.5) is 17.1 Å². The normalized spacial score (nSPS) is 11.5. The number of hydrogen-bond donors (Lipinski definition) is 0. The molecule has 9 aromatic carbocycles. The third-order valence-electron chi connectivity index (χ3n) is 11.0. The van der Waals surface area contributed by atoms with Crippen molar-refractivity contribution in [2.45, 2.75) is 0 Å². The molecule has 0 atom stereocenters. The molecule has 0 saturated heterocycles. The standard InChI is InChI=1S/C53H35N3O/c1-4-16-36(17-5-1)43-25-12-13-29-49(43)55(41-24-14-21-39(34-41)45-27-15-28-48-52(45)57-53(54-48)38-19-6-2-7-20-38)42-31-33-50-47(35-42)46-32-30-37-18-10-11-26-44(37)51(46)56(50)40-22-8-3-9-23-40/h1-35H. The van der Waals surface area contributed by atoms with Crippen molar-refractivity contribution >= 4 is 60.7 Å². The van der Waals surface area contributed by atoms with Gasteiger partial charge in [-0.25, -0.2) is 4.98 Å². The van der Waals surface area contributed by atoms with Gasteiger partial charge in [0, 0.05) is 49.9 Å². The Kier molecular flexibility index (Phi) is 7.78. The molecule has 11 rings (SSSR count). The molecule has 11 aromatic rings. The van der Waals surface area contributed by atoms with Crippen LogP contribution in [0.3, 0.4) is 0 Å². The number of oxazole rings is 1. The predicted molar refractivity (Wildman–Crippen MR) is 237 cm³/mol. The minimum atomic E-state index is 0.614. The molecule has 0 fully saturated rings. The van der Waals surface area contributed by atoms with Gasteiger partial charge >= 0.3 is 0 Å². The van der Waals surface area contributed by atoms with Crippen molar-refractivity contribution in [1.29, 1.82) is 0 Å². The maximum atomic E-state index is 6.52. The van der Waals surface area contributed by atoms with Gasteiger partial charge in [0.1, 0.15) is 5.52 Å². The van der Waals surface area contributed by atoms with E-state index in [1.807, 2.05) is 36.4 Å². The highest BCUT2D eigenvalue weighted by Gasteiger charge is 2.22. The van der Waals surface area contributed by atoms with E-state index in [-0.39, 0.29) is 0 Å². The van der Waals surface area contributed by atoms with E-state index in [1.165, 1.54) is 27.1 Å². The highest BCUT2D eigenvalue weighted by atomic mass is 16.3. The van der Waals surface area contributed by atoms with Gasteiger partial charge in [0.05, 0.1) is 16.7 Å². The largest absolute Gasteiger partial charge is 0.435 e. The first-order valence-electron chi connectivity index (χ1n) is 19.3. The maximum Gasteiger partial charge on any atom is 0.227 e. The van der Waals surface area contributed by atoms with Gasteiger partial charge in [-0.05, 0) is 83.2 Å². The predicted octanol–water partition coefficient (Wildman–Crippen LogP) is 14.5. The Morgan fingerprint density at radius 2 is 1.11 bits per heavy atom. The molecule has 0 unspecified atom stereocenters. The van der Waals surface area contributed by atoms with Crippen LogP contribution >= 0.6 is 0 Å².